The van der Waals surface area contributed by atoms with E-state index in [0.717, 1.165) is 6.42 Å². The number of ether oxygens (including phenoxy) is 1. The van der Waals surface area contributed by atoms with Gasteiger partial charge in [0.15, 0.2) is 0 Å². The highest BCUT2D eigenvalue weighted by Gasteiger charge is 2.10. The van der Waals surface area contributed by atoms with Crippen LogP contribution in [0, 0.1) is 0 Å². The Balaban J connectivity index is 1.72. The molecule has 1 amide bonds. The summed E-state index contributed by atoms with van der Waals surface area (Å²) in [5.41, 5.74) is 3.17. The summed E-state index contributed by atoms with van der Waals surface area (Å²) < 4.78 is 4.72. The molecule has 0 radical (unpaired) electrons. The minimum atomic E-state index is -0.430. The summed E-state index contributed by atoms with van der Waals surface area (Å²) in [5, 5.41) is 5.87. The monoisotopic (exact) mass is 376 g/mol. The number of aryl methyl sites for hydroxylation is 1. The molecule has 3 aromatic rings. The lowest BCUT2D eigenvalue weighted by Gasteiger charge is -2.09. The summed E-state index contributed by atoms with van der Waals surface area (Å²) in [6, 6.07) is 16.0. The van der Waals surface area contributed by atoms with Gasteiger partial charge in [0, 0.05) is 17.4 Å². The molecular weight excluding hydrogens is 356 g/mol. The van der Waals surface area contributed by atoms with Crippen LogP contribution < -0.4 is 10.6 Å². The minimum absolute atomic E-state index is 0.223. The predicted molar refractivity (Wildman–Crippen MR) is 107 cm³/mol. The number of anilines is 3. The van der Waals surface area contributed by atoms with Crippen LogP contribution in [0.1, 0.15) is 33.3 Å². The van der Waals surface area contributed by atoms with Gasteiger partial charge in [-0.3, -0.25) is 4.79 Å². The van der Waals surface area contributed by atoms with Gasteiger partial charge in [0.25, 0.3) is 5.91 Å². The number of carbonyl (C=O) groups excluding carboxylic acids is 2. The lowest BCUT2D eigenvalue weighted by Crippen LogP contribution is -2.14. The third-order valence-corrected chi connectivity index (χ3v) is 4.08. The van der Waals surface area contributed by atoms with Crippen LogP contribution in [-0.2, 0) is 11.2 Å². The van der Waals surface area contributed by atoms with Crippen LogP contribution >= 0.6 is 0 Å². The molecule has 0 fully saturated rings. The molecule has 0 saturated carbocycles. The van der Waals surface area contributed by atoms with E-state index in [1.54, 1.807) is 30.3 Å². The second kappa shape index (κ2) is 8.77. The number of methoxy groups -OCH3 is 1. The fourth-order valence-electron chi connectivity index (χ4n) is 2.56. The summed E-state index contributed by atoms with van der Waals surface area (Å²) >= 11 is 0. The second-order valence-electron chi connectivity index (χ2n) is 5.99. The highest BCUT2D eigenvalue weighted by molar-refractivity contribution is 6.03. The molecule has 1 aromatic heterocycles. The molecule has 0 saturated heterocycles. The fraction of sp³-hybridized carbons (Fsp3) is 0.143. The van der Waals surface area contributed by atoms with Gasteiger partial charge in [-0.25, -0.2) is 14.8 Å². The smallest absolute Gasteiger partial charge is 0.337 e. The standard InChI is InChI=1S/C21H20N4O3/c1-3-14-7-9-16(10-8-14)25-20(26)18-12-19(23-13-22-18)24-17-6-4-5-15(11-17)21(27)28-2/h4-13H,3H2,1-2H3,(H,25,26)(H,22,23,24). The van der Waals surface area contributed by atoms with Crippen molar-refractivity contribution in [1.82, 2.24) is 9.97 Å². The Bertz CT molecular complexity index is 987. The number of esters is 1. The van der Waals surface area contributed by atoms with Crippen molar-refractivity contribution < 1.29 is 14.3 Å². The number of hydrogen-bond donors (Lipinski definition) is 2. The van der Waals surface area contributed by atoms with Gasteiger partial charge in [-0.1, -0.05) is 25.1 Å². The molecule has 0 bridgehead atoms. The van der Waals surface area contributed by atoms with Gasteiger partial charge in [0.1, 0.15) is 17.8 Å². The maximum atomic E-state index is 12.5. The molecule has 0 aliphatic rings. The van der Waals surface area contributed by atoms with Crippen LogP contribution in [-0.4, -0.2) is 29.0 Å². The van der Waals surface area contributed by atoms with E-state index in [9.17, 15) is 9.59 Å². The van der Waals surface area contributed by atoms with Crippen molar-refractivity contribution in [2.45, 2.75) is 13.3 Å². The second-order valence-corrected chi connectivity index (χ2v) is 5.99. The van der Waals surface area contributed by atoms with Crippen molar-refractivity contribution in [3.05, 3.63) is 77.7 Å². The van der Waals surface area contributed by atoms with E-state index in [4.69, 9.17) is 4.74 Å². The Hall–Kier alpha value is -3.74. The maximum Gasteiger partial charge on any atom is 0.337 e. The number of rotatable bonds is 6. The third kappa shape index (κ3) is 4.70. The van der Waals surface area contributed by atoms with E-state index in [-0.39, 0.29) is 11.6 Å². The van der Waals surface area contributed by atoms with Crippen molar-refractivity contribution in [2.75, 3.05) is 17.7 Å². The molecule has 0 aliphatic carbocycles. The van der Waals surface area contributed by atoms with Crippen LogP contribution in [0.25, 0.3) is 0 Å². The number of hydrogen-bond acceptors (Lipinski definition) is 6. The largest absolute Gasteiger partial charge is 0.465 e. The molecule has 0 unspecified atom stereocenters. The van der Waals surface area contributed by atoms with Crippen LogP contribution in [0.3, 0.4) is 0 Å². The van der Waals surface area contributed by atoms with E-state index in [2.05, 4.69) is 27.5 Å². The van der Waals surface area contributed by atoms with Crippen molar-refractivity contribution >= 4 is 29.1 Å². The molecule has 0 aliphatic heterocycles. The number of nitrogens with one attached hydrogen (secondary N) is 2. The topological polar surface area (TPSA) is 93.2 Å². The van der Waals surface area contributed by atoms with E-state index in [0.29, 0.717) is 22.8 Å². The minimum Gasteiger partial charge on any atom is -0.465 e. The average Bonchev–Trinajstić information content (AvgIpc) is 2.74. The van der Waals surface area contributed by atoms with Gasteiger partial charge in [-0.15, -0.1) is 0 Å². The average molecular weight is 376 g/mol. The number of benzene rings is 2. The summed E-state index contributed by atoms with van der Waals surface area (Å²) in [6.45, 7) is 2.07. The van der Waals surface area contributed by atoms with Gasteiger partial charge < -0.3 is 15.4 Å². The van der Waals surface area contributed by atoms with Crippen LogP contribution in [0.4, 0.5) is 17.2 Å². The van der Waals surface area contributed by atoms with Crippen molar-refractivity contribution in [2.24, 2.45) is 0 Å². The first-order valence-corrected chi connectivity index (χ1v) is 8.76. The number of carbonyl (C=O) groups is 2. The van der Waals surface area contributed by atoms with Gasteiger partial charge in [0.05, 0.1) is 12.7 Å². The SMILES string of the molecule is CCc1ccc(NC(=O)c2cc(Nc3cccc(C(=O)OC)c3)ncn2)cc1. The van der Waals surface area contributed by atoms with Crippen LogP contribution in [0.2, 0.25) is 0 Å². The van der Waals surface area contributed by atoms with Gasteiger partial charge in [-0.2, -0.15) is 0 Å². The van der Waals surface area contributed by atoms with Gasteiger partial charge in [-0.05, 0) is 42.3 Å². The summed E-state index contributed by atoms with van der Waals surface area (Å²) in [5.74, 6) is -0.331. The quantitative estimate of drug-likeness (QED) is 0.635. The first-order chi connectivity index (χ1) is 13.6. The Labute approximate surface area is 162 Å². The van der Waals surface area contributed by atoms with E-state index < -0.39 is 5.97 Å². The zero-order valence-corrected chi connectivity index (χ0v) is 15.6. The lowest BCUT2D eigenvalue weighted by atomic mass is 10.1. The van der Waals surface area contributed by atoms with Crippen molar-refractivity contribution in [3.8, 4) is 0 Å². The molecule has 3 rings (SSSR count). The predicted octanol–water partition coefficient (Wildman–Crippen LogP) is 3.82. The van der Waals surface area contributed by atoms with E-state index >= 15 is 0 Å². The highest BCUT2D eigenvalue weighted by atomic mass is 16.5. The summed E-state index contributed by atoms with van der Waals surface area (Å²) in [7, 11) is 1.33. The van der Waals surface area contributed by atoms with Gasteiger partial charge in [0.2, 0.25) is 0 Å². The zero-order valence-electron chi connectivity index (χ0n) is 15.6. The number of aromatic nitrogens is 2. The summed E-state index contributed by atoms with van der Waals surface area (Å²) in [6.07, 6.45) is 2.24. The van der Waals surface area contributed by atoms with Crippen molar-refractivity contribution in [1.29, 1.82) is 0 Å². The molecule has 2 N–H and O–H groups in total. The molecule has 0 spiro atoms. The highest BCUT2D eigenvalue weighted by Crippen LogP contribution is 2.17. The molecule has 142 valence electrons. The first-order valence-electron chi connectivity index (χ1n) is 8.76. The maximum absolute atomic E-state index is 12.5. The van der Waals surface area contributed by atoms with Crippen molar-refractivity contribution in [3.63, 3.8) is 0 Å². The molecule has 2 aromatic carbocycles. The Morgan fingerprint density at radius 3 is 2.50 bits per heavy atom. The van der Waals surface area contributed by atoms with Crippen LogP contribution in [0.15, 0.2) is 60.9 Å². The first kappa shape index (κ1) is 19.0. The molecule has 7 heteroatoms. The molecule has 0 atom stereocenters. The number of nitrogens with zero attached hydrogens (tertiary/aromatic N) is 2. The molecule has 28 heavy (non-hydrogen) atoms. The Morgan fingerprint density at radius 1 is 1.00 bits per heavy atom. The Kier molecular flexibility index (Phi) is 5.96. The van der Waals surface area contributed by atoms with E-state index in [1.165, 1.54) is 19.0 Å². The van der Waals surface area contributed by atoms with Crippen LogP contribution in [0.5, 0.6) is 0 Å². The summed E-state index contributed by atoms with van der Waals surface area (Å²) in [4.78, 5) is 32.3. The third-order valence-electron chi connectivity index (χ3n) is 4.08. The van der Waals surface area contributed by atoms with Gasteiger partial charge >= 0.3 is 5.97 Å². The number of amides is 1. The molecule has 7 nitrogen and oxygen atoms in total. The lowest BCUT2D eigenvalue weighted by molar-refractivity contribution is 0.0600. The zero-order chi connectivity index (χ0) is 19.9. The normalized spacial score (nSPS) is 10.2. The Morgan fingerprint density at radius 2 is 1.79 bits per heavy atom. The molecule has 1 heterocycles. The van der Waals surface area contributed by atoms with E-state index in [1.807, 2.05) is 24.3 Å². The molecular formula is C21H20N4O3. The fourth-order valence-corrected chi connectivity index (χ4v) is 2.56.